The van der Waals surface area contributed by atoms with Gasteiger partial charge < -0.3 is 10.0 Å². The monoisotopic (exact) mass is 226 g/mol. The van der Waals surface area contributed by atoms with Crippen molar-refractivity contribution >= 4 is 5.97 Å². The summed E-state index contributed by atoms with van der Waals surface area (Å²) < 4.78 is 0. The largest absolute Gasteiger partial charge is 0.480 e. The van der Waals surface area contributed by atoms with Gasteiger partial charge in [0.25, 0.3) is 0 Å². The molecule has 2 heterocycles. The molecule has 0 aromatic rings. The molecule has 2 aliphatic heterocycles. The molecular weight excluding hydrogens is 204 g/mol. The van der Waals surface area contributed by atoms with Gasteiger partial charge in [0.05, 0.1) is 6.54 Å². The Balaban J connectivity index is 2.04. The second-order valence-corrected chi connectivity index (χ2v) is 5.37. The van der Waals surface area contributed by atoms with E-state index >= 15 is 0 Å². The van der Waals surface area contributed by atoms with Crippen molar-refractivity contribution in [3.63, 3.8) is 0 Å². The molecule has 4 heteroatoms. The molecule has 0 aliphatic carbocycles. The van der Waals surface area contributed by atoms with Gasteiger partial charge in [0.2, 0.25) is 0 Å². The van der Waals surface area contributed by atoms with Crippen LogP contribution in [-0.2, 0) is 4.79 Å². The molecule has 0 radical (unpaired) electrons. The molecule has 0 saturated carbocycles. The van der Waals surface area contributed by atoms with Gasteiger partial charge in [-0.1, -0.05) is 0 Å². The van der Waals surface area contributed by atoms with Crippen LogP contribution in [0.5, 0.6) is 0 Å². The molecule has 2 aliphatic rings. The summed E-state index contributed by atoms with van der Waals surface area (Å²) in [6.45, 7) is 7.92. The number of hydrogen-bond acceptors (Lipinski definition) is 3. The lowest BCUT2D eigenvalue weighted by Crippen LogP contribution is -2.51. The minimum atomic E-state index is -0.700. The van der Waals surface area contributed by atoms with E-state index in [-0.39, 0.29) is 6.54 Å². The molecule has 0 aromatic carbocycles. The van der Waals surface area contributed by atoms with Gasteiger partial charge >= 0.3 is 5.97 Å². The van der Waals surface area contributed by atoms with Gasteiger partial charge in [0, 0.05) is 18.6 Å². The first-order valence-electron chi connectivity index (χ1n) is 6.28. The number of carboxylic acids is 1. The summed E-state index contributed by atoms with van der Waals surface area (Å²) in [7, 11) is 0. The Morgan fingerprint density at radius 1 is 1.44 bits per heavy atom. The van der Waals surface area contributed by atoms with Gasteiger partial charge in [-0.3, -0.25) is 9.69 Å². The predicted molar refractivity (Wildman–Crippen MR) is 62.4 cm³/mol. The molecule has 0 amide bonds. The van der Waals surface area contributed by atoms with E-state index in [9.17, 15) is 4.79 Å². The zero-order valence-corrected chi connectivity index (χ0v) is 10.2. The van der Waals surface area contributed by atoms with Crippen molar-refractivity contribution < 1.29 is 9.90 Å². The lowest BCUT2D eigenvalue weighted by molar-refractivity contribution is -0.140. The van der Waals surface area contributed by atoms with E-state index in [0.29, 0.717) is 18.0 Å². The molecule has 4 nitrogen and oxygen atoms in total. The highest BCUT2D eigenvalue weighted by atomic mass is 16.4. The van der Waals surface area contributed by atoms with Crippen molar-refractivity contribution in [2.75, 3.05) is 26.2 Å². The van der Waals surface area contributed by atoms with Gasteiger partial charge in [0.1, 0.15) is 0 Å². The fourth-order valence-electron chi connectivity index (χ4n) is 3.21. The molecule has 3 unspecified atom stereocenters. The summed E-state index contributed by atoms with van der Waals surface area (Å²) in [4.78, 5) is 15.6. The summed E-state index contributed by atoms with van der Waals surface area (Å²) in [6, 6.07) is 0.808. The van der Waals surface area contributed by atoms with Crippen molar-refractivity contribution in [2.45, 2.75) is 38.8 Å². The molecule has 0 aromatic heterocycles. The van der Waals surface area contributed by atoms with Crippen LogP contribution in [0.3, 0.4) is 0 Å². The number of rotatable bonds is 4. The highest BCUT2D eigenvalue weighted by molar-refractivity contribution is 5.69. The van der Waals surface area contributed by atoms with Gasteiger partial charge in [-0.05, 0) is 45.7 Å². The van der Waals surface area contributed by atoms with Crippen LogP contribution in [0.4, 0.5) is 0 Å². The molecule has 2 rings (SSSR count). The van der Waals surface area contributed by atoms with Crippen LogP contribution in [0, 0.1) is 5.92 Å². The van der Waals surface area contributed by atoms with E-state index < -0.39 is 5.97 Å². The molecular formula is C12H22N2O2. The van der Waals surface area contributed by atoms with Gasteiger partial charge in [-0.2, -0.15) is 0 Å². The first-order chi connectivity index (χ1) is 7.58. The normalized spacial score (nSPS) is 33.6. The second kappa shape index (κ2) is 4.72. The zero-order valence-electron chi connectivity index (χ0n) is 10.2. The minimum absolute atomic E-state index is 0.193. The Bertz CT molecular complexity index is 268. The molecule has 2 bridgehead atoms. The van der Waals surface area contributed by atoms with Crippen molar-refractivity contribution in [2.24, 2.45) is 5.92 Å². The maximum Gasteiger partial charge on any atom is 0.317 e. The quantitative estimate of drug-likeness (QED) is 0.772. The van der Waals surface area contributed by atoms with Crippen molar-refractivity contribution in [1.82, 2.24) is 9.80 Å². The number of aliphatic carboxylic acids is 1. The fraction of sp³-hybridized carbons (Fsp3) is 0.917. The molecule has 0 spiro atoms. The minimum Gasteiger partial charge on any atom is -0.480 e. The molecule has 92 valence electrons. The first kappa shape index (κ1) is 11.9. The van der Waals surface area contributed by atoms with Crippen molar-refractivity contribution in [3.05, 3.63) is 0 Å². The highest BCUT2D eigenvalue weighted by Gasteiger charge is 2.38. The van der Waals surface area contributed by atoms with Crippen molar-refractivity contribution in [3.8, 4) is 0 Å². The third kappa shape index (κ3) is 2.38. The average Bonchev–Trinajstić information content (AvgIpc) is 2.58. The van der Waals surface area contributed by atoms with Crippen LogP contribution in [-0.4, -0.2) is 59.1 Å². The summed E-state index contributed by atoms with van der Waals surface area (Å²) in [5.74, 6) is -0.00961. The molecule has 16 heavy (non-hydrogen) atoms. The summed E-state index contributed by atoms with van der Waals surface area (Å²) in [6.07, 6.45) is 2.38. The smallest absolute Gasteiger partial charge is 0.317 e. The Morgan fingerprint density at radius 3 is 2.75 bits per heavy atom. The molecule has 1 N–H and O–H groups in total. The molecule has 2 fully saturated rings. The first-order valence-corrected chi connectivity index (χ1v) is 6.28. The number of carboxylic acid groups (broad SMARTS) is 1. The SMILES string of the molecule is CC(C)N(CC(=O)O)C1CCN2CCC1C2. The van der Waals surface area contributed by atoms with E-state index in [0.717, 1.165) is 13.0 Å². The molecule has 2 saturated heterocycles. The topological polar surface area (TPSA) is 43.8 Å². The summed E-state index contributed by atoms with van der Waals surface area (Å²) in [5, 5.41) is 8.98. The Labute approximate surface area is 97.2 Å². The van der Waals surface area contributed by atoms with Gasteiger partial charge in [0.15, 0.2) is 0 Å². The van der Waals surface area contributed by atoms with E-state index in [1.807, 2.05) is 0 Å². The third-order valence-electron chi connectivity index (χ3n) is 4.00. The van der Waals surface area contributed by atoms with Gasteiger partial charge in [-0.25, -0.2) is 0 Å². The third-order valence-corrected chi connectivity index (χ3v) is 4.00. The van der Waals surface area contributed by atoms with Crippen LogP contribution in [0.2, 0.25) is 0 Å². The van der Waals surface area contributed by atoms with Crippen molar-refractivity contribution in [1.29, 1.82) is 0 Å². The fourth-order valence-corrected chi connectivity index (χ4v) is 3.21. The lowest BCUT2D eigenvalue weighted by atomic mass is 9.91. The Morgan fingerprint density at radius 2 is 2.12 bits per heavy atom. The zero-order chi connectivity index (χ0) is 11.7. The van der Waals surface area contributed by atoms with E-state index in [4.69, 9.17) is 5.11 Å². The number of carbonyl (C=O) groups is 1. The molecule has 3 atom stereocenters. The standard InChI is InChI=1S/C12H22N2O2/c1-9(2)14(8-12(15)16)11-4-6-13-5-3-10(11)7-13/h9-11H,3-8H2,1-2H3,(H,15,16). The number of nitrogens with zero attached hydrogens (tertiary/aromatic N) is 2. The summed E-state index contributed by atoms with van der Waals surface area (Å²) in [5.41, 5.74) is 0. The van der Waals surface area contributed by atoms with Gasteiger partial charge in [-0.15, -0.1) is 0 Å². The van der Waals surface area contributed by atoms with E-state index in [1.165, 1.54) is 19.5 Å². The summed E-state index contributed by atoms with van der Waals surface area (Å²) >= 11 is 0. The average molecular weight is 226 g/mol. The van der Waals surface area contributed by atoms with Crippen LogP contribution in [0.15, 0.2) is 0 Å². The number of hydrogen-bond donors (Lipinski definition) is 1. The lowest BCUT2D eigenvalue weighted by Gasteiger charge is -2.40. The highest BCUT2D eigenvalue weighted by Crippen LogP contribution is 2.31. The number of piperidine rings is 1. The second-order valence-electron chi connectivity index (χ2n) is 5.37. The maximum atomic E-state index is 10.9. The Hall–Kier alpha value is -0.610. The maximum absolute atomic E-state index is 10.9. The van der Waals surface area contributed by atoms with E-state index in [1.54, 1.807) is 0 Å². The Kier molecular flexibility index (Phi) is 3.50. The van der Waals surface area contributed by atoms with Crippen LogP contribution in [0.25, 0.3) is 0 Å². The van der Waals surface area contributed by atoms with E-state index in [2.05, 4.69) is 23.6 Å². The predicted octanol–water partition coefficient (Wildman–Crippen LogP) is 0.876. The van der Waals surface area contributed by atoms with Crippen LogP contribution in [0.1, 0.15) is 26.7 Å². The van der Waals surface area contributed by atoms with Crippen LogP contribution < -0.4 is 0 Å². The van der Waals surface area contributed by atoms with Crippen LogP contribution >= 0.6 is 0 Å². The number of fused-ring (bicyclic) bond motifs is 2.